The van der Waals surface area contributed by atoms with Crippen LogP contribution in [0.2, 0.25) is 0 Å². The van der Waals surface area contributed by atoms with Crippen LogP contribution in [0, 0.1) is 0 Å². The average Bonchev–Trinajstić information content (AvgIpc) is 3.66. The van der Waals surface area contributed by atoms with Crippen molar-refractivity contribution >= 4 is 21.8 Å². The molecule has 0 aliphatic carbocycles. The summed E-state index contributed by atoms with van der Waals surface area (Å²) >= 11 is 0. The Morgan fingerprint density at radius 1 is 0.848 bits per heavy atom. The van der Waals surface area contributed by atoms with E-state index in [1.807, 2.05) is 66.7 Å². The molecule has 0 saturated carbocycles. The number of hydrogen-bond donors (Lipinski definition) is 1. The Bertz CT molecular complexity index is 1680. The molecule has 9 nitrogen and oxygen atoms in total. The molecule has 240 valence electrons. The number of hydrogen-bond acceptors (Lipinski definition) is 6. The van der Waals surface area contributed by atoms with Crippen LogP contribution in [0.15, 0.2) is 108 Å². The number of nitrogens with one attached hydrogen (secondary N) is 1. The van der Waals surface area contributed by atoms with Crippen molar-refractivity contribution in [2.45, 2.75) is 56.1 Å². The number of ether oxygens (including phenoxy) is 1. The molecule has 46 heavy (non-hydrogen) atoms. The molecule has 2 heterocycles. The van der Waals surface area contributed by atoms with Crippen LogP contribution >= 0.6 is 0 Å². The van der Waals surface area contributed by atoms with E-state index in [0.717, 1.165) is 35.1 Å². The molecule has 0 bridgehead atoms. The van der Waals surface area contributed by atoms with Crippen LogP contribution in [0.5, 0.6) is 5.75 Å². The number of benzene rings is 3. The lowest BCUT2D eigenvalue weighted by atomic mass is 10.0. The number of aromatic nitrogens is 1. The Hall–Kier alpha value is -4.54. The van der Waals surface area contributed by atoms with E-state index in [9.17, 15) is 18.0 Å². The van der Waals surface area contributed by atoms with Crippen LogP contribution in [0.1, 0.15) is 41.5 Å². The highest BCUT2D eigenvalue weighted by atomic mass is 32.2. The lowest BCUT2D eigenvalue weighted by Crippen LogP contribution is -2.50. The van der Waals surface area contributed by atoms with E-state index in [1.165, 1.54) is 4.31 Å². The molecule has 0 unspecified atom stereocenters. The van der Waals surface area contributed by atoms with Crippen LogP contribution in [-0.2, 0) is 45.5 Å². The number of nitrogens with zero attached hydrogens (tertiary/aromatic N) is 3. The number of carbonyl (C=O) groups excluding carboxylic acids is 2. The third kappa shape index (κ3) is 8.58. The molecule has 1 atom stereocenters. The van der Waals surface area contributed by atoms with Crippen molar-refractivity contribution in [1.29, 1.82) is 0 Å². The van der Waals surface area contributed by atoms with E-state index in [4.69, 9.17) is 4.74 Å². The van der Waals surface area contributed by atoms with E-state index in [-0.39, 0.29) is 29.7 Å². The van der Waals surface area contributed by atoms with Crippen LogP contribution < -0.4 is 10.1 Å². The first-order valence-electron chi connectivity index (χ1n) is 15.6. The first-order valence-corrected chi connectivity index (χ1v) is 17.0. The SMILES string of the molecule is COc1ccc(CN(C(=O)CCc2ccc(S(=O)(=O)N3CCCC3)cc2)[C@@H](Cc2ccccc2)C(=O)NCc2ccncc2)cc1. The van der Waals surface area contributed by atoms with Crippen LogP contribution in [0.4, 0.5) is 0 Å². The molecule has 1 aliphatic rings. The third-order valence-electron chi connectivity index (χ3n) is 8.25. The van der Waals surface area contributed by atoms with Gasteiger partial charge >= 0.3 is 0 Å². The van der Waals surface area contributed by atoms with Gasteiger partial charge in [-0.15, -0.1) is 0 Å². The highest BCUT2D eigenvalue weighted by Gasteiger charge is 2.31. The molecular formula is C36H40N4O5S. The van der Waals surface area contributed by atoms with Gasteiger partial charge in [-0.05, 0) is 77.9 Å². The molecule has 1 saturated heterocycles. The third-order valence-corrected chi connectivity index (χ3v) is 10.2. The lowest BCUT2D eigenvalue weighted by Gasteiger charge is -2.32. The van der Waals surface area contributed by atoms with Crippen LogP contribution in [0.3, 0.4) is 0 Å². The fraction of sp³-hybridized carbons (Fsp3) is 0.306. The van der Waals surface area contributed by atoms with Crippen molar-refractivity contribution < 1.29 is 22.7 Å². The number of pyridine rings is 1. The van der Waals surface area contributed by atoms with Gasteiger partial charge in [0.05, 0.1) is 12.0 Å². The Morgan fingerprint density at radius 3 is 2.15 bits per heavy atom. The van der Waals surface area contributed by atoms with Gasteiger partial charge in [0, 0.05) is 51.4 Å². The predicted octanol–water partition coefficient (Wildman–Crippen LogP) is 4.76. The first-order chi connectivity index (χ1) is 22.3. The molecule has 1 fully saturated rings. The summed E-state index contributed by atoms with van der Waals surface area (Å²) in [6.07, 6.45) is 6.00. The molecule has 10 heteroatoms. The van der Waals surface area contributed by atoms with Crippen molar-refractivity contribution in [3.63, 3.8) is 0 Å². The maximum absolute atomic E-state index is 14.1. The van der Waals surface area contributed by atoms with Crippen molar-refractivity contribution in [3.05, 3.63) is 126 Å². The fourth-order valence-electron chi connectivity index (χ4n) is 5.59. The lowest BCUT2D eigenvalue weighted by molar-refractivity contribution is -0.141. The summed E-state index contributed by atoms with van der Waals surface area (Å²) in [5.41, 5.74) is 3.56. The van der Waals surface area contributed by atoms with Crippen molar-refractivity contribution in [3.8, 4) is 5.75 Å². The zero-order valence-corrected chi connectivity index (χ0v) is 26.9. The smallest absolute Gasteiger partial charge is 0.243 e. The topological polar surface area (TPSA) is 109 Å². The zero-order valence-electron chi connectivity index (χ0n) is 26.0. The molecule has 1 N–H and O–H groups in total. The molecule has 5 rings (SSSR count). The van der Waals surface area contributed by atoms with Gasteiger partial charge < -0.3 is 15.0 Å². The van der Waals surface area contributed by atoms with Gasteiger partial charge in [-0.3, -0.25) is 14.6 Å². The summed E-state index contributed by atoms with van der Waals surface area (Å²) < 4.78 is 32.8. The summed E-state index contributed by atoms with van der Waals surface area (Å²) in [5, 5.41) is 3.03. The molecule has 2 amide bonds. The fourth-order valence-corrected chi connectivity index (χ4v) is 7.11. The van der Waals surface area contributed by atoms with E-state index >= 15 is 0 Å². The monoisotopic (exact) mass is 640 g/mol. The molecule has 1 aliphatic heterocycles. The van der Waals surface area contributed by atoms with E-state index in [0.29, 0.717) is 38.2 Å². The Morgan fingerprint density at radius 2 is 1.50 bits per heavy atom. The molecule has 0 spiro atoms. The summed E-state index contributed by atoms with van der Waals surface area (Å²) in [6.45, 7) is 1.63. The highest BCUT2D eigenvalue weighted by Crippen LogP contribution is 2.23. The minimum absolute atomic E-state index is 0.150. The summed E-state index contributed by atoms with van der Waals surface area (Å²) in [6, 6.07) is 26.8. The first kappa shape index (κ1) is 32.8. The normalized spacial score (nSPS) is 14.0. The Labute approximate surface area is 271 Å². The second-order valence-electron chi connectivity index (χ2n) is 11.4. The Kier molecular flexibility index (Phi) is 11.2. The molecule has 1 aromatic heterocycles. The standard InChI is InChI=1S/C36H40N4O5S/c1-45-32-14-9-31(10-15-32)27-40(34(25-29-7-3-2-4-8-29)36(42)38-26-30-19-21-37-22-20-30)35(41)18-13-28-11-16-33(17-12-28)46(43,44)39-23-5-6-24-39/h2-4,7-12,14-17,19-22,34H,5-6,13,18,23-27H2,1H3,(H,38,42)/t34-/m0/s1. The number of carbonyl (C=O) groups is 2. The molecular weight excluding hydrogens is 600 g/mol. The number of methoxy groups -OCH3 is 1. The zero-order chi connectivity index (χ0) is 32.4. The summed E-state index contributed by atoms with van der Waals surface area (Å²) in [4.78, 5) is 33.9. The Balaban J connectivity index is 1.37. The van der Waals surface area contributed by atoms with E-state index in [2.05, 4.69) is 10.3 Å². The maximum Gasteiger partial charge on any atom is 0.243 e. The second kappa shape index (κ2) is 15.6. The van der Waals surface area contributed by atoms with Crippen LogP contribution in [-0.4, -0.2) is 60.7 Å². The van der Waals surface area contributed by atoms with Crippen molar-refractivity contribution in [2.75, 3.05) is 20.2 Å². The van der Waals surface area contributed by atoms with E-state index < -0.39 is 16.1 Å². The van der Waals surface area contributed by atoms with Crippen LogP contribution in [0.25, 0.3) is 0 Å². The second-order valence-corrected chi connectivity index (χ2v) is 13.3. The number of amides is 2. The van der Waals surface area contributed by atoms with Gasteiger partial charge in [-0.25, -0.2) is 8.42 Å². The average molecular weight is 641 g/mol. The predicted molar refractivity (Wildman–Crippen MR) is 176 cm³/mol. The minimum Gasteiger partial charge on any atom is -0.497 e. The molecule has 4 aromatic rings. The summed E-state index contributed by atoms with van der Waals surface area (Å²) in [5.74, 6) is 0.274. The van der Waals surface area contributed by atoms with Gasteiger partial charge in [-0.1, -0.05) is 54.6 Å². The minimum atomic E-state index is -3.51. The van der Waals surface area contributed by atoms with E-state index in [1.54, 1.807) is 48.7 Å². The number of aryl methyl sites for hydroxylation is 1. The van der Waals surface area contributed by atoms with Gasteiger partial charge in [0.1, 0.15) is 11.8 Å². The molecule has 0 radical (unpaired) electrons. The quantitative estimate of drug-likeness (QED) is 0.213. The maximum atomic E-state index is 14.1. The molecule has 3 aromatic carbocycles. The largest absolute Gasteiger partial charge is 0.497 e. The van der Waals surface area contributed by atoms with Crippen molar-refractivity contribution in [1.82, 2.24) is 19.5 Å². The van der Waals surface area contributed by atoms with Gasteiger partial charge in [0.2, 0.25) is 21.8 Å². The summed E-state index contributed by atoms with van der Waals surface area (Å²) in [7, 11) is -1.92. The highest BCUT2D eigenvalue weighted by molar-refractivity contribution is 7.89. The number of rotatable bonds is 14. The van der Waals surface area contributed by atoms with Gasteiger partial charge in [0.15, 0.2) is 0 Å². The van der Waals surface area contributed by atoms with Gasteiger partial charge in [-0.2, -0.15) is 4.31 Å². The number of sulfonamides is 1. The van der Waals surface area contributed by atoms with Crippen molar-refractivity contribution in [2.24, 2.45) is 0 Å². The van der Waals surface area contributed by atoms with Gasteiger partial charge in [0.25, 0.3) is 0 Å².